The van der Waals surface area contributed by atoms with Gasteiger partial charge in [-0.15, -0.1) is 11.8 Å². The number of benzene rings is 2. The lowest BCUT2D eigenvalue weighted by molar-refractivity contribution is -0.384. The van der Waals surface area contributed by atoms with E-state index in [2.05, 4.69) is 5.32 Å². The van der Waals surface area contributed by atoms with Crippen LogP contribution in [0.15, 0.2) is 47.4 Å². The molecule has 0 aromatic heterocycles. The first kappa shape index (κ1) is 21.3. The topological polar surface area (TPSA) is 98.5 Å². The van der Waals surface area contributed by atoms with E-state index in [0.717, 1.165) is 23.9 Å². The predicted octanol–water partition coefficient (Wildman–Crippen LogP) is 3.92. The van der Waals surface area contributed by atoms with Crippen LogP contribution in [-0.4, -0.2) is 28.2 Å². The average Bonchev–Trinajstić information content (AvgIpc) is 2.64. The number of esters is 1. The van der Waals surface area contributed by atoms with E-state index in [1.54, 1.807) is 6.92 Å². The van der Waals surface area contributed by atoms with Gasteiger partial charge in [-0.3, -0.25) is 19.7 Å². The van der Waals surface area contributed by atoms with E-state index in [-0.39, 0.29) is 11.4 Å². The van der Waals surface area contributed by atoms with Crippen LogP contribution < -0.4 is 5.32 Å². The Labute approximate surface area is 163 Å². The minimum absolute atomic E-state index is 0.0714. The second-order valence-corrected chi connectivity index (χ2v) is 7.12. The van der Waals surface area contributed by atoms with Crippen molar-refractivity contribution in [3.8, 4) is 0 Å². The highest BCUT2D eigenvalue weighted by Gasteiger charge is 2.23. The van der Waals surface area contributed by atoms with Crippen molar-refractivity contribution in [2.75, 3.05) is 5.32 Å². The number of nitrogens with one attached hydrogen (secondary N) is 1. The molecule has 1 amide bonds. The highest BCUT2D eigenvalue weighted by atomic mass is 32.2. The van der Waals surface area contributed by atoms with Gasteiger partial charge in [-0.25, -0.2) is 8.78 Å². The number of carbonyl (C=O) groups is 2. The summed E-state index contributed by atoms with van der Waals surface area (Å²) in [5.41, 5.74) is -0.305. The molecular formula is C18H16F2N2O5S. The number of rotatable bonds is 7. The van der Waals surface area contributed by atoms with Crippen LogP contribution in [0.4, 0.5) is 20.2 Å². The maximum Gasteiger partial charge on any atom is 0.319 e. The van der Waals surface area contributed by atoms with Crippen molar-refractivity contribution in [1.29, 1.82) is 0 Å². The Bertz CT molecular complexity index is 892. The van der Waals surface area contributed by atoms with Gasteiger partial charge < -0.3 is 10.1 Å². The zero-order chi connectivity index (χ0) is 20.8. The normalized spacial score (nSPS) is 12.7. The summed E-state index contributed by atoms with van der Waals surface area (Å²) < 4.78 is 31.5. The Hall–Kier alpha value is -3.01. The third kappa shape index (κ3) is 5.74. The molecule has 0 aliphatic heterocycles. The molecule has 2 atom stereocenters. The fourth-order valence-corrected chi connectivity index (χ4v) is 2.90. The van der Waals surface area contributed by atoms with E-state index in [4.69, 9.17) is 4.74 Å². The molecule has 0 saturated heterocycles. The van der Waals surface area contributed by atoms with E-state index in [0.29, 0.717) is 11.0 Å². The highest BCUT2D eigenvalue weighted by molar-refractivity contribution is 8.00. The van der Waals surface area contributed by atoms with Crippen molar-refractivity contribution in [3.63, 3.8) is 0 Å². The largest absolute Gasteiger partial charge is 0.452 e. The molecule has 0 radical (unpaired) electrons. The quantitative estimate of drug-likeness (QED) is 0.321. The molecule has 10 heteroatoms. The smallest absolute Gasteiger partial charge is 0.319 e. The second-order valence-electron chi connectivity index (χ2n) is 5.70. The molecule has 0 fully saturated rings. The fraction of sp³-hybridized carbons (Fsp3) is 0.222. The summed E-state index contributed by atoms with van der Waals surface area (Å²) in [6, 6.07) is 8.29. The van der Waals surface area contributed by atoms with Crippen LogP contribution >= 0.6 is 11.8 Å². The molecule has 0 spiro atoms. The molecule has 0 bridgehead atoms. The van der Waals surface area contributed by atoms with Crippen LogP contribution in [0.3, 0.4) is 0 Å². The first-order valence-electron chi connectivity index (χ1n) is 8.05. The molecule has 0 heterocycles. The van der Waals surface area contributed by atoms with Gasteiger partial charge in [0.1, 0.15) is 16.9 Å². The third-order valence-electron chi connectivity index (χ3n) is 3.54. The molecule has 0 saturated carbocycles. The zero-order valence-corrected chi connectivity index (χ0v) is 15.7. The average molecular weight is 410 g/mol. The van der Waals surface area contributed by atoms with Gasteiger partial charge in [0.05, 0.1) is 10.6 Å². The number of ether oxygens (including phenoxy) is 1. The van der Waals surface area contributed by atoms with Crippen molar-refractivity contribution in [2.45, 2.75) is 30.1 Å². The number of nitro benzene ring substituents is 1. The fourth-order valence-electron chi connectivity index (χ4n) is 2.05. The van der Waals surface area contributed by atoms with Crippen LogP contribution in [0.25, 0.3) is 0 Å². The Morgan fingerprint density at radius 3 is 2.36 bits per heavy atom. The van der Waals surface area contributed by atoms with E-state index in [1.807, 2.05) is 0 Å². The number of halogens is 2. The number of carbonyl (C=O) groups excluding carboxylic acids is 2. The maximum absolute atomic E-state index is 13.6. The van der Waals surface area contributed by atoms with Gasteiger partial charge in [0.25, 0.3) is 11.6 Å². The monoisotopic (exact) mass is 410 g/mol. The minimum Gasteiger partial charge on any atom is -0.452 e. The number of non-ortho nitro benzene ring substituents is 1. The van der Waals surface area contributed by atoms with E-state index < -0.39 is 39.8 Å². The van der Waals surface area contributed by atoms with Gasteiger partial charge in [0, 0.05) is 23.1 Å². The Morgan fingerprint density at radius 1 is 1.14 bits per heavy atom. The van der Waals surface area contributed by atoms with Crippen molar-refractivity contribution in [2.24, 2.45) is 0 Å². The van der Waals surface area contributed by atoms with Crippen LogP contribution in [-0.2, 0) is 14.3 Å². The molecule has 2 aromatic carbocycles. The first-order valence-corrected chi connectivity index (χ1v) is 8.93. The number of thioether (sulfide) groups is 1. The highest BCUT2D eigenvalue weighted by Crippen LogP contribution is 2.26. The summed E-state index contributed by atoms with van der Waals surface area (Å²) in [5, 5.41) is 12.2. The van der Waals surface area contributed by atoms with Crippen molar-refractivity contribution in [3.05, 3.63) is 64.2 Å². The van der Waals surface area contributed by atoms with Gasteiger partial charge in [-0.2, -0.15) is 0 Å². The standard InChI is InChI=1S/C18H16F2N2O5S/c1-10(17(23)21-16-8-3-12(19)9-15(16)20)27-18(24)11(2)28-14-6-4-13(5-7-14)22(25)26/h3-11H,1-2H3,(H,21,23)/t10-,11-/m1/s1. The van der Waals surface area contributed by atoms with Gasteiger partial charge in [-0.1, -0.05) is 0 Å². The number of nitrogens with zero attached hydrogens (tertiary/aromatic N) is 1. The number of amides is 1. The van der Waals surface area contributed by atoms with E-state index in [1.165, 1.54) is 31.2 Å². The molecule has 1 N–H and O–H groups in total. The van der Waals surface area contributed by atoms with E-state index in [9.17, 15) is 28.5 Å². The molecular weight excluding hydrogens is 394 g/mol. The summed E-state index contributed by atoms with van der Waals surface area (Å²) >= 11 is 1.10. The van der Waals surface area contributed by atoms with Crippen LogP contribution in [0.5, 0.6) is 0 Å². The maximum atomic E-state index is 13.6. The molecule has 0 unspecified atom stereocenters. The van der Waals surface area contributed by atoms with Crippen molar-refractivity contribution < 1.29 is 28.0 Å². The molecule has 148 valence electrons. The Morgan fingerprint density at radius 2 is 1.79 bits per heavy atom. The van der Waals surface area contributed by atoms with Crippen molar-refractivity contribution in [1.82, 2.24) is 0 Å². The lowest BCUT2D eigenvalue weighted by atomic mass is 10.2. The molecule has 0 aliphatic carbocycles. The van der Waals surface area contributed by atoms with E-state index >= 15 is 0 Å². The predicted molar refractivity (Wildman–Crippen MR) is 99.0 cm³/mol. The van der Waals surface area contributed by atoms with Crippen LogP contribution in [0.1, 0.15) is 13.8 Å². The molecule has 2 aromatic rings. The van der Waals surface area contributed by atoms with Gasteiger partial charge in [0.15, 0.2) is 6.10 Å². The molecule has 28 heavy (non-hydrogen) atoms. The van der Waals surface area contributed by atoms with Gasteiger partial charge in [0.2, 0.25) is 0 Å². The zero-order valence-electron chi connectivity index (χ0n) is 14.8. The second kappa shape index (κ2) is 9.27. The Kier molecular flexibility index (Phi) is 7.05. The lowest BCUT2D eigenvalue weighted by Crippen LogP contribution is -2.32. The number of hydrogen-bond donors (Lipinski definition) is 1. The molecule has 0 aliphatic rings. The summed E-state index contributed by atoms with van der Waals surface area (Å²) in [6.07, 6.45) is -1.21. The summed E-state index contributed by atoms with van der Waals surface area (Å²) in [6.45, 7) is 2.87. The summed E-state index contributed by atoms with van der Waals surface area (Å²) in [5.74, 6) is -3.20. The third-order valence-corrected chi connectivity index (χ3v) is 4.63. The molecule has 2 rings (SSSR count). The SMILES string of the molecule is C[C@@H](OC(=O)[C@@H](C)Sc1ccc([N+](=O)[O-])cc1)C(=O)Nc1ccc(F)cc1F. The summed E-state index contributed by atoms with van der Waals surface area (Å²) in [4.78, 5) is 34.9. The van der Waals surface area contributed by atoms with Gasteiger partial charge in [-0.05, 0) is 38.1 Å². The summed E-state index contributed by atoms with van der Waals surface area (Å²) in [7, 11) is 0. The first-order chi connectivity index (χ1) is 13.2. The number of nitro groups is 1. The van der Waals surface area contributed by atoms with Crippen LogP contribution in [0.2, 0.25) is 0 Å². The Balaban J connectivity index is 1.91. The lowest BCUT2D eigenvalue weighted by Gasteiger charge is -2.16. The van der Waals surface area contributed by atoms with Crippen LogP contribution in [0, 0.1) is 21.7 Å². The minimum atomic E-state index is -1.21. The molecule has 7 nitrogen and oxygen atoms in total. The number of anilines is 1. The van der Waals surface area contributed by atoms with Gasteiger partial charge >= 0.3 is 5.97 Å². The van der Waals surface area contributed by atoms with Crippen molar-refractivity contribution >= 4 is 35.0 Å². The number of hydrogen-bond acceptors (Lipinski definition) is 6.